The van der Waals surface area contributed by atoms with Crippen LogP contribution in [0.3, 0.4) is 0 Å². The number of hydrogen-bond donors (Lipinski definition) is 1. The number of nitrogens with one attached hydrogen (secondary N) is 1. The zero-order valence-corrected chi connectivity index (χ0v) is 25.3. The quantitative estimate of drug-likeness (QED) is 0.183. The Morgan fingerprint density at radius 2 is 1.67 bits per heavy atom. The molecule has 228 valence electrons. The number of ether oxygens (including phenoxy) is 1. The zero-order chi connectivity index (χ0) is 31.2. The third kappa shape index (κ3) is 7.27. The molecule has 1 unspecified atom stereocenters. The molecule has 0 fully saturated rings. The zero-order valence-electron chi connectivity index (χ0n) is 23.7. The van der Waals surface area contributed by atoms with Crippen molar-refractivity contribution in [2.24, 2.45) is 5.10 Å². The van der Waals surface area contributed by atoms with Crippen LogP contribution in [-0.4, -0.2) is 49.7 Å². The van der Waals surface area contributed by atoms with E-state index in [-0.39, 0.29) is 36.5 Å². The van der Waals surface area contributed by atoms with Crippen molar-refractivity contribution >= 4 is 40.6 Å². The average Bonchev–Trinajstić information content (AvgIpc) is 3.83. The number of benzene rings is 3. The molecule has 1 atom stereocenters. The predicted molar refractivity (Wildman–Crippen MR) is 167 cm³/mol. The first-order chi connectivity index (χ1) is 21.9. The maximum Gasteiger partial charge on any atom is 0.258 e. The monoisotopic (exact) mass is 644 g/mol. The van der Waals surface area contributed by atoms with Gasteiger partial charge in [0.05, 0.1) is 28.9 Å². The number of carbonyl (C=O) groups is 2. The molecule has 0 saturated heterocycles. The minimum atomic E-state index is -0.413. The SMILES string of the molecule is O=C(COc1ccccc1)NCc1nnc(SCC(=O)N2N=C(c3cccs3)CC2c2ccc(F)cc2)n1-c1ccc(F)cc1. The Morgan fingerprint density at radius 3 is 2.38 bits per heavy atom. The molecule has 0 bridgehead atoms. The van der Waals surface area contributed by atoms with Crippen molar-refractivity contribution in [3.05, 3.63) is 124 Å². The number of nitrogens with zero attached hydrogens (tertiary/aromatic N) is 5. The van der Waals surface area contributed by atoms with Crippen LogP contribution < -0.4 is 10.1 Å². The minimum Gasteiger partial charge on any atom is -0.484 e. The molecule has 45 heavy (non-hydrogen) atoms. The number of rotatable bonds is 11. The first-order valence-corrected chi connectivity index (χ1v) is 15.8. The predicted octanol–water partition coefficient (Wildman–Crippen LogP) is 5.77. The molecular weight excluding hydrogens is 619 g/mol. The van der Waals surface area contributed by atoms with Gasteiger partial charge in [0.2, 0.25) is 0 Å². The summed E-state index contributed by atoms with van der Waals surface area (Å²) in [5.74, 6) is -0.496. The molecule has 6 rings (SSSR count). The van der Waals surface area contributed by atoms with Crippen molar-refractivity contribution in [2.75, 3.05) is 12.4 Å². The molecule has 1 aliphatic heterocycles. The highest BCUT2D eigenvalue weighted by Gasteiger charge is 2.33. The second-order valence-corrected chi connectivity index (χ2v) is 11.8. The Labute approximate surface area is 265 Å². The highest BCUT2D eigenvalue weighted by Crippen LogP contribution is 2.35. The molecule has 0 saturated carbocycles. The highest BCUT2D eigenvalue weighted by molar-refractivity contribution is 7.99. The van der Waals surface area contributed by atoms with Gasteiger partial charge in [-0.15, -0.1) is 21.5 Å². The van der Waals surface area contributed by atoms with E-state index in [1.807, 2.05) is 35.7 Å². The van der Waals surface area contributed by atoms with Crippen LogP contribution in [0.2, 0.25) is 0 Å². The van der Waals surface area contributed by atoms with Gasteiger partial charge in [0.15, 0.2) is 17.6 Å². The summed E-state index contributed by atoms with van der Waals surface area (Å²) < 4.78 is 34.6. The van der Waals surface area contributed by atoms with E-state index in [1.54, 1.807) is 41.0 Å². The Kier molecular flexibility index (Phi) is 9.27. The van der Waals surface area contributed by atoms with Gasteiger partial charge >= 0.3 is 0 Å². The molecule has 0 radical (unpaired) electrons. The Bertz CT molecular complexity index is 1800. The van der Waals surface area contributed by atoms with Crippen molar-refractivity contribution in [3.63, 3.8) is 0 Å². The fourth-order valence-corrected chi connectivity index (χ4v) is 6.27. The largest absolute Gasteiger partial charge is 0.484 e. The van der Waals surface area contributed by atoms with Crippen LogP contribution in [0.25, 0.3) is 5.69 Å². The number of thioether (sulfide) groups is 1. The maximum atomic E-state index is 13.8. The summed E-state index contributed by atoms with van der Waals surface area (Å²) >= 11 is 2.68. The van der Waals surface area contributed by atoms with Crippen LogP contribution in [0.1, 0.15) is 28.7 Å². The molecule has 1 aliphatic rings. The summed E-state index contributed by atoms with van der Waals surface area (Å²) in [6.07, 6.45) is 0.492. The van der Waals surface area contributed by atoms with Gasteiger partial charge in [0.25, 0.3) is 11.8 Å². The van der Waals surface area contributed by atoms with Crippen LogP contribution in [0.5, 0.6) is 5.75 Å². The van der Waals surface area contributed by atoms with Crippen LogP contribution in [-0.2, 0) is 16.1 Å². The van der Waals surface area contributed by atoms with Crippen LogP contribution in [0, 0.1) is 11.6 Å². The van der Waals surface area contributed by atoms with Crippen LogP contribution >= 0.6 is 23.1 Å². The molecule has 2 amide bonds. The minimum absolute atomic E-state index is 0.0170. The van der Waals surface area contributed by atoms with Crippen molar-refractivity contribution in [1.82, 2.24) is 25.1 Å². The number of amides is 2. The van der Waals surface area contributed by atoms with Gasteiger partial charge in [0, 0.05) is 12.1 Å². The van der Waals surface area contributed by atoms with Gasteiger partial charge in [-0.1, -0.05) is 48.2 Å². The summed E-state index contributed by atoms with van der Waals surface area (Å²) in [4.78, 5) is 27.1. The normalized spacial score (nSPS) is 14.3. The number of para-hydroxylation sites is 1. The number of aromatic nitrogens is 3. The summed E-state index contributed by atoms with van der Waals surface area (Å²) in [5.41, 5.74) is 2.11. The fourth-order valence-electron chi connectivity index (χ4n) is 4.72. The van der Waals surface area contributed by atoms with Crippen LogP contribution in [0.15, 0.2) is 107 Å². The van der Waals surface area contributed by atoms with Gasteiger partial charge in [-0.2, -0.15) is 5.10 Å². The smallest absolute Gasteiger partial charge is 0.258 e. The number of carbonyl (C=O) groups excluding carboxylic acids is 2. The van der Waals surface area contributed by atoms with E-state index in [4.69, 9.17) is 4.74 Å². The van der Waals surface area contributed by atoms with E-state index >= 15 is 0 Å². The number of hydrogen-bond acceptors (Lipinski definition) is 8. The molecule has 0 spiro atoms. The molecule has 13 heteroatoms. The van der Waals surface area contributed by atoms with E-state index < -0.39 is 11.9 Å². The molecule has 5 aromatic rings. The Hall–Kier alpha value is -4.88. The maximum absolute atomic E-state index is 13.8. The topological polar surface area (TPSA) is 102 Å². The first-order valence-electron chi connectivity index (χ1n) is 13.9. The van der Waals surface area contributed by atoms with Gasteiger partial charge in [0.1, 0.15) is 17.4 Å². The standard InChI is InChI=1S/C32H26F2N6O3S2/c33-22-10-8-21(9-11-22)27-17-26(28-7-4-16-44-28)38-40(27)31(42)20-45-32-37-36-29(39(32)24-14-12-23(34)13-15-24)18-35-30(41)19-43-25-5-2-1-3-6-25/h1-16,27H,17-20H2,(H,35,41). The second kappa shape index (κ2) is 13.8. The number of halogens is 2. The number of thiophene rings is 1. The van der Waals surface area contributed by atoms with Gasteiger partial charge in [-0.05, 0) is 65.5 Å². The lowest BCUT2D eigenvalue weighted by Crippen LogP contribution is -2.29. The fraction of sp³-hybridized carbons (Fsp3) is 0.156. The van der Waals surface area contributed by atoms with Crippen molar-refractivity contribution in [2.45, 2.75) is 24.2 Å². The molecule has 0 aliphatic carbocycles. The molecule has 1 N–H and O–H groups in total. The van der Waals surface area contributed by atoms with E-state index in [9.17, 15) is 18.4 Å². The molecule has 3 heterocycles. The summed E-state index contributed by atoms with van der Waals surface area (Å²) in [7, 11) is 0. The Morgan fingerprint density at radius 1 is 0.933 bits per heavy atom. The van der Waals surface area contributed by atoms with Gasteiger partial charge < -0.3 is 10.1 Å². The second-order valence-electron chi connectivity index (χ2n) is 9.91. The van der Waals surface area contributed by atoms with E-state index in [2.05, 4.69) is 20.6 Å². The number of hydrazone groups is 1. The lowest BCUT2D eigenvalue weighted by molar-refractivity contribution is -0.130. The van der Waals surface area contributed by atoms with Gasteiger partial charge in [-0.3, -0.25) is 14.2 Å². The Balaban J connectivity index is 1.18. The third-order valence-corrected chi connectivity index (χ3v) is 8.73. The van der Waals surface area contributed by atoms with Gasteiger partial charge in [-0.25, -0.2) is 13.8 Å². The van der Waals surface area contributed by atoms with Crippen molar-refractivity contribution in [3.8, 4) is 11.4 Å². The molecule has 2 aromatic heterocycles. The highest BCUT2D eigenvalue weighted by atomic mass is 32.2. The van der Waals surface area contributed by atoms with Crippen molar-refractivity contribution < 1.29 is 23.1 Å². The molecule has 3 aromatic carbocycles. The summed E-state index contributed by atoms with van der Waals surface area (Å²) in [6.45, 7) is -0.174. The third-order valence-electron chi connectivity index (χ3n) is 6.89. The van der Waals surface area contributed by atoms with Crippen LogP contribution in [0.4, 0.5) is 8.78 Å². The summed E-state index contributed by atoms with van der Waals surface area (Å²) in [6, 6.07) is 24.3. The van der Waals surface area contributed by atoms with E-state index in [0.29, 0.717) is 28.8 Å². The lowest BCUT2D eigenvalue weighted by atomic mass is 10.0. The molecule has 9 nitrogen and oxygen atoms in total. The van der Waals surface area contributed by atoms with E-state index in [1.165, 1.54) is 40.6 Å². The lowest BCUT2D eigenvalue weighted by Gasteiger charge is -2.22. The van der Waals surface area contributed by atoms with Crippen molar-refractivity contribution in [1.29, 1.82) is 0 Å². The molecular formula is C32H26F2N6O3S2. The average molecular weight is 645 g/mol. The van der Waals surface area contributed by atoms with E-state index in [0.717, 1.165) is 27.9 Å². The first kappa shape index (κ1) is 30.2. The summed E-state index contributed by atoms with van der Waals surface area (Å²) in [5, 5.41) is 19.7.